The molecular formula is C14H13N3O4. The molecule has 0 aromatic heterocycles. The SMILES string of the molecule is CCOC(=O)C1=C(O)CN(c2ccc(C#N)cc2)NC1=O. The van der Waals surface area contributed by atoms with E-state index in [2.05, 4.69) is 5.43 Å². The Morgan fingerprint density at radius 3 is 2.67 bits per heavy atom. The van der Waals surface area contributed by atoms with Crippen molar-refractivity contribution in [2.75, 3.05) is 18.2 Å². The number of aliphatic hydroxyl groups excluding tert-OH is 1. The molecule has 1 aromatic carbocycles. The standard InChI is InChI=1S/C14H13N3O4/c1-2-21-14(20)12-11(18)8-17(16-13(12)19)10-5-3-9(7-15)4-6-10/h3-6,18H,2,8H2,1H3,(H,16,19). The number of nitrogens with one attached hydrogen (secondary N) is 1. The van der Waals surface area contributed by atoms with Crippen LogP contribution in [0.3, 0.4) is 0 Å². The van der Waals surface area contributed by atoms with Crippen molar-refractivity contribution in [3.8, 4) is 6.07 Å². The second-order valence-electron chi connectivity index (χ2n) is 4.23. The molecule has 7 nitrogen and oxygen atoms in total. The van der Waals surface area contributed by atoms with Crippen LogP contribution in [0, 0.1) is 11.3 Å². The second-order valence-corrected chi connectivity index (χ2v) is 4.23. The fourth-order valence-electron chi connectivity index (χ4n) is 1.86. The fourth-order valence-corrected chi connectivity index (χ4v) is 1.86. The van der Waals surface area contributed by atoms with Gasteiger partial charge in [0, 0.05) is 0 Å². The maximum absolute atomic E-state index is 11.9. The summed E-state index contributed by atoms with van der Waals surface area (Å²) in [5.41, 5.74) is 3.16. The minimum Gasteiger partial charge on any atom is -0.509 e. The first-order valence-electron chi connectivity index (χ1n) is 6.24. The van der Waals surface area contributed by atoms with Gasteiger partial charge in [-0.2, -0.15) is 5.26 Å². The molecule has 0 bridgehead atoms. The van der Waals surface area contributed by atoms with Crippen LogP contribution < -0.4 is 10.4 Å². The number of ether oxygens (including phenoxy) is 1. The van der Waals surface area contributed by atoms with Crippen molar-refractivity contribution in [2.24, 2.45) is 0 Å². The van der Waals surface area contributed by atoms with E-state index in [1.165, 1.54) is 5.01 Å². The summed E-state index contributed by atoms with van der Waals surface area (Å²) >= 11 is 0. The number of carbonyl (C=O) groups is 2. The largest absolute Gasteiger partial charge is 0.509 e. The third-order valence-electron chi connectivity index (χ3n) is 2.85. The predicted molar refractivity (Wildman–Crippen MR) is 72.9 cm³/mol. The summed E-state index contributed by atoms with van der Waals surface area (Å²) in [4.78, 5) is 23.5. The molecule has 108 valence electrons. The van der Waals surface area contributed by atoms with Gasteiger partial charge in [-0.15, -0.1) is 0 Å². The van der Waals surface area contributed by atoms with Crippen LogP contribution in [0.5, 0.6) is 0 Å². The zero-order valence-corrected chi connectivity index (χ0v) is 11.3. The summed E-state index contributed by atoms with van der Waals surface area (Å²) in [6, 6.07) is 8.41. The van der Waals surface area contributed by atoms with E-state index in [-0.39, 0.29) is 24.5 Å². The van der Waals surface area contributed by atoms with Crippen LogP contribution in [0.25, 0.3) is 0 Å². The number of aliphatic hydroxyl groups is 1. The van der Waals surface area contributed by atoms with E-state index >= 15 is 0 Å². The van der Waals surface area contributed by atoms with E-state index in [9.17, 15) is 14.7 Å². The molecular weight excluding hydrogens is 274 g/mol. The summed E-state index contributed by atoms with van der Waals surface area (Å²) in [5, 5.41) is 20.0. The quantitative estimate of drug-likeness (QED) is 0.629. The molecule has 1 aromatic rings. The minimum atomic E-state index is -0.855. The molecule has 1 aliphatic rings. The number of hydrazine groups is 1. The lowest BCUT2D eigenvalue weighted by molar-refractivity contribution is -0.140. The third-order valence-corrected chi connectivity index (χ3v) is 2.85. The monoisotopic (exact) mass is 287 g/mol. The molecule has 0 unspecified atom stereocenters. The van der Waals surface area contributed by atoms with Crippen molar-refractivity contribution in [3.63, 3.8) is 0 Å². The summed E-state index contributed by atoms with van der Waals surface area (Å²) < 4.78 is 4.72. The fraction of sp³-hybridized carbons (Fsp3) is 0.214. The van der Waals surface area contributed by atoms with Crippen molar-refractivity contribution in [3.05, 3.63) is 41.2 Å². The Hall–Kier alpha value is -3.01. The lowest BCUT2D eigenvalue weighted by atomic mass is 10.1. The Morgan fingerprint density at radius 1 is 1.48 bits per heavy atom. The lowest BCUT2D eigenvalue weighted by Gasteiger charge is -2.29. The molecule has 0 atom stereocenters. The first-order valence-corrected chi connectivity index (χ1v) is 6.24. The summed E-state index contributed by atoms with van der Waals surface area (Å²) in [7, 11) is 0. The Kier molecular flexibility index (Phi) is 4.09. The number of amides is 1. The molecule has 0 radical (unpaired) electrons. The maximum Gasteiger partial charge on any atom is 0.347 e. The number of anilines is 1. The highest BCUT2D eigenvalue weighted by Gasteiger charge is 2.31. The van der Waals surface area contributed by atoms with E-state index < -0.39 is 11.9 Å². The van der Waals surface area contributed by atoms with Crippen molar-refractivity contribution in [1.29, 1.82) is 5.26 Å². The van der Waals surface area contributed by atoms with Gasteiger partial charge in [-0.25, -0.2) is 4.79 Å². The van der Waals surface area contributed by atoms with Gasteiger partial charge in [-0.05, 0) is 31.2 Å². The topological polar surface area (TPSA) is 103 Å². The van der Waals surface area contributed by atoms with Crippen LogP contribution in [0.1, 0.15) is 12.5 Å². The van der Waals surface area contributed by atoms with Crippen LogP contribution in [0.2, 0.25) is 0 Å². The summed E-state index contributed by atoms with van der Waals surface area (Å²) in [5.74, 6) is -1.95. The molecule has 7 heteroatoms. The molecule has 0 aliphatic carbocycles. The Balaban J connectivity index is 2.23. The summed E-state index contributed by atoms with van der Waals surface area (Å²) in [6.07, 6.45) is 0. The van der Waals surface area contributed by atoms with Gasteiger partial charge in [0.1, 0.15) is 5.76 Å². The number of nitrogens with zero attached hydrogens (tertiary/aromatic N) is 2. The molecule has 0 saturated carbocycles. The minimum absolute atomic E-state index is 0.0637. The number of esters is 1. The number of hydrogen-bond donors (Lipinski definition) is 2. The first kappa shape index (κ1) is 14.4. The normalized spacial score (nSPS) is 14.5. The van der Waals surface area contributed by atoms with Gasteiger partial charge in [-0.1, -0.05) is 0 Å². The van der Waals surface area contributed by atoms with E-state index in [4.69, 9.17) is 10.00 Å². The van der Waals surface area contributed by atoms with Crippen LogP contribution in [0.15, 0.2) is 35.6 Å². The van der Waals surface area contributed by atoms with Crippen LogP contribution >= 0.6 is 0 Å². The first-order chi connectivity index (χ1) is 10.1. The number of rotatable bonds is 3. The highest BCUT2D eigenvalue weighted by molar-refractivity contribution is 6.17. The van der Waals surface area contributed by atoms with E-state index in [0.29, 0.717) is 11.3 Å². The molecule has 1 heterocycles. The van der Waals surface area contributed by atoms with Gasteiger partial charge in [0.2, 0.25) is 0 Å². The number of carbonyl (C=O) groups excluding carboxylic acids is 2. The zero-order valence-electron chi connectivity index (χ0n) is 11.3. The average Bonchev–Trinajstić information content (AvgIpc) is 2.47. The molecule has 2 N–H and O–H groups in total. The second kappa shape index (κ2) is 5.96. The summed E-state index contributed by atoms with van der Waals surface area (Å²) in [6.45, 7) is 1.66. The van der Waals surface area contributed by atoms with Crippen LogP contribution in [-0.4, -0.2) is 30.1 Å². The number of benzene rings is 1. The molecule has 0 fully saturated rings. The van der Waals surface area contributed by atoms with E-state index in [0.717, 1.165) is 0 Å². The van der Waals surface area contributed by atoms with Crippen molar-refractivity contribution < 1.29 is 19.4 Å². The molecule has 0 spiro atoms. The highest BCUT2D eigenvalue weighted by Crippen LogP contribution is 2.19. The zero-order chi connectivity index (χ0) is 15.4. The van der Waals surface area contributed by atoms with Gasteiger partial charge >= 0.3 is 5.97 Å². The smallest absolute Gasteiger partial charge is 0.347 e. The molecule has 0 saturated heterocycles. The van der Waals surface area contributed by atoms with E-state index in [1.54, 1.807) is 31.2 Å². The van der Waals surface area contributed by atoms with Gasteiger partial charge in [0.15, 0.2) is 5.57 Å². The van der Waals surface area contributed by atoms with Gasteiger partial charge in [0.05, 0.1) is 30.5 Å². The van der Waals surface area contributed by atoms with Crippen LogP contribution in [-0.2, 0) is 14.3 Å². The van der Waals surface area contributed by atoms with E-state index in [1.807, 2.05) is 6.07 Å². The average molecular weight is 287 g/mol. The van der Waals surface area contributed by atoms with Crippen molar-refractivity contribution in [1.82, 2.24) is 5.43 Å². The van der Waals surface area contributed by atoms with Crippen molar-refractivity contribution in [2.45, 2.75) is 6.92 Å². The third kappa shape index (κ3) is 2.95. The number of hydrogen-bond acceptors (Lipinski definition) is 6. The number of nitriles is 1. The van der Waals surface area contributed by atoms with Gasteiger partial charge in [0.25, 0.3) is 5.91 Å². The molecule has 2 rings (SSSR count). The highest BCUT2D eigenvalue weighted by atomic mass is 16.5. The molecule has 21 heavy (non-hydrogen) atoms. The lowest BCUT2D eigenvalue weighted by Crippen LogP contribution is -2.50. The Bertz CT molecular complexity index is 643. The van der Waals surface area contributed by atoms with Gasteiger partial charge in [-0.3, -0.25) is 15.2 Å². The Labute approximate surface area is 121 Å². The Morgan fingerprint density at radius 2 is 2.14 bits per heavy atom. The molecule has 1 amide bonds. The molecule has 1 aliphatic heterocycles. The van der Waals surface area contributed by atoms with Crippen LogP contribution in [0.4, 0.5) is 5.69 Å². The van der Waals surface area contributed by atoms with Gasteiger partial charge < -0.3 is 9.84 Å². The van der Waals surface area contributed by atoms with Crippen molar-refractivity contribution >= 4 is 17.6 Å². The predicted octanol–water partition coefficient (Wildman–Crippen LogP) is 0.785. The maximum atomic E-state index is 11.9.